The van der Waals surface area contributed by atoms with E-state index >= 15 is 0 Å². The Kier molecular flexibility index (Phi) is 5.52. The number of thioether (sulfide) groups is 1. The largest absolute Gasteiger partial charge is 0.300 e. The van der Waals surface area contributed by atoms with Gasteiger partial charge in [0, 0.05) is 5.75 Å². The second-order valence-electron chi connectivity index (χ2n) is 4.63. The number of amides is 1. The molecule has 1 amide bonds. The van der Waals surface area contributed by atoms with Gasteiger partial charge in [-0.3, -0.25) is 4.79 Å². The van der Waals surface area contributed by atoms with Crippen LogP contribution in [0.4, 0.5) is 5.13 Å². The van der Waals surface area contributed by atoms with Crippen LogP contribution in [-0.2, 0) is 11.2 Å². The summed E-state index contributed by atoms with van der Waals surface area (Å²) in [5, 5.41) is 11.3. The molecule has 2 rings (SSSR count). The van der Waals surface area contributed by atoms with E-state index in [0.29, 0.717) is 11.6 Å². The number of aromatic nitrogens is 2. The lowest BCUT2D eigenvalue weighted by molar-refractivity contribution is -0.115. The Morgan fingerprint density at radius 1 is 1.43 bits per heavy atom. The summed E-state index contributed by atoms with van der Waals surface area (Å²) in [5.41, 5.74) is 3.36. The number of carbonyl (C=O) groups excluding carboxylic acids is 1. The van der Waals surface area contributed by atoms with Crippen molar-refractivity contribution in [1.29, 1.82) is 0 Å². The topological polar surface area (TPSA) is 54.9 Å². The van der Waals surface area contributed by atoms with Crippen LogP contribution in [0.3, 0.4) is 0 Å². The van der Waals surface area contributed by atoms with Gasteiger partial charge in [0.25, 0.3) is 0 Å². The highest BCUT2D eigenvalue weighted by atomic mass is 32.2. The predicted octanol–water partition coefficient (Wildman–Crippen LogP) is 3.61. The molecule has 1 aromatic heterocycles. The monoisotopic (exact) mass is 319 g/mol. The highest BCUT2D eigenvalue weighted by Crippen LogP contribution is 2.25. The number of nitrogens with zero attached hydrogens (tertiary/aromatic N) is 2. The van der Waals surface area contributed by atoms with Crippen LogP contribution in [0, 0.1) is 13.8 Å². The molecule has 0 atom stereocenters. The maximum atomic E-state index is 12.0. The molecule has 0 bridgehead atoms. The van der Waals surface area contributed by atoms with Crippen LogP contribution in [0.25, 0.3) is 0 Å². The minimum absolute atomic E-state index is 0.0710. The van der Waals surface area contributed by atoms with Gasteiger partial charge in [-0.1, -0.05) is 52.9 Å². The molecule has 0 saturated carbocycles. The Morgan fingerprint density at radius 2 is 2.24 bits per heavy atom. The molecule has 1 aromatic carbocycles. The second-order valence-corrected chi connectivity index (χ2v) is 6.87. The molecule has 0 saturated heterocycles. The number of hydrogen-bond acceptors (Lipinski definition) is 5. The number of benzene rings is 1. The Balaban J connectivity index is 1.95. The lowest BCUT2D eigenvalue weighted by atomic mass is 10.0. The maximum Gasteiger partial charge on any atom is 0.230 e. The number of anilines is 1. The van der Waals surface area contributed by atoms with Crippen molar-refractivity contribution >= 4 is 34.1 Å². The van der Waals surface area contributed by atoms with Crippen molar-refractivity contribution in [3.05, 3.63) is 47.5 Å². The summed E-state index contributed by atoms with van der Waals surface area (Å²) >= 11 is 2.93. The van der Waals surface area contributed by atoms with Crippen LogP contribution in [0.15, 0.2) is 35.2 Å². The number of hydrogen-bond donors (Lipinski definition) is 1. The van der Waals surface area contributed by atoms with Gasteiger partial charge >= 0.3 is 0 Å². The molecule has 0 aliphatic rings. The molecule has 21 heavy (non-hydrogen) atoms. The molecule has 1 heterocycles. The molecule has 1 N–H and O–H groups in total. The van der Waals surface area contributed by atoms with Crippen molar-refractivity contribution in [1.82, 2.24) is 10.2 Å². The first kappa shape index (κ1) is 15.7. The van der Waals surface area contributed by atoms with E-state index in [-0.39, 0.29) is 5.91 Å². The maximum absolute atomic E-state index is 12.0. The molecule has 0 spiro atoms. The van der Waals surface area contributed by atoms with Gasteiger partial charge in [0.1, 0.15) is 0 Å². The summed E-state index contributed by atoms with van der Waals surface area (Å²) in [6.07, 6.45) is 2.16. The first-order valence-electron chi connectivity index (χ1n) is 6.51. The predicted molar refractivity (Wildman–Crippen MR) is 89.1 cm³/mol. The Labute approximate surface area is 132 Å². The second kappa shape index (κ2) is 7.38. The molecule has 6 heteroatoms. The standard InChI is InChI=1S/C15H17N3OS2/c1-4-7-20-15-18-17-14(21-15)16-13(19)9-12-6-5-10(2)8-11(12)3/h4-6,8H,1,7,9H2,2-3H3,(H,16,17,19). The van der Waals surface area contributed by atoms with Crippen molar-refractivity contribution in [2.45, 2.75) is 24.6 Å². The molecule has 0 fully saturated rings. The Bertz CT molecular complexity index is 652. The van der Waals surface area contributed by atoms with Crippen LogP contribution in [0.2, 0.25) is 0 Å². The van der Waals surface area contributed by atoms with E-state index in [1.807, 2.05) is 32.1 Å². The number of carbonyl (C=O) groups is 1. The van der Waals surface area contributed by atoms with Gasteiger partial charge < -0.3 is 5.32 Å². The Hall–Kier alpha value is -1.66. The zero-order chi connectivity index (χ0) is 15.2. The number of aryl methyl sites for hydroxylation is 2. The molecule has 4 nitrogen and oxygen atoms in total. The zero-order valence-corrected chi connectivity index (χ0v) is 13.7. The van der Waals surface area contributed by atoms with E-state index < -0.39 is 0 Å². The lowest BCUT2D eigenvalue weighted by Crippen LogP contribution is -2.14. The summed E-state index contributed by atoms with van der Waals surface area (Å²) in [7, 11) is 0. The smallest absolute Gasteiger partial charge is 0.230 e. The molecule has 0 unspecified atom stereocenters. The molecular formula is C15H17N3OS2. The van der Waals surface area contributed by atoms with Crippen LogP contribution < -0.4 is 5.32 Å². The highest BCUT2D eigenvalue weighted by molar-refractivity contribution is 8.01. The molecule has 0 aliphatic heterocycles. The lowest BCUT2D eigenvalue weighted by Gasteiger charge is -2.06. The van der Waals surface area contributed by atoms with Gasteiger partial charge in [-0.05, 0) is 25.0 Å². The van der Waals surface area contributed by atoms with Crippen LogP contribution in [0.5, 0.6) is 0 Å². The number of nitrogens with one attached hydrogen (secondary N) is 1. The average Bonchev–Trinajstić information content (AvgIpc) is 2.87. The minimum atomic E-state index is -0.0710. The van der Waals surface area contributed by atoms with E-state index in [0.717, 1.165) is 21.2 Å². The number of rotatable bonds is 6. The summed E-state index contributed by atoms with van der Waals surface area (Å²) in [6, 6.07) is 6.10. The fraction of sp³-hybridized carbons (Fsp3) is 0.267. The SMILES string of the molecule is C=CCSc1nnc(NC(=O)Cc2ccc(C)cc2C)s1. The summed E-state index contributed by atoms with van der Waals surface area (Å²) in [5.74, 6) is 0.712. The fourth-order valence-electron chi connectivity index (χ4n) is 1.83. The summed E-state index contributed by atoms with van der Waals surface area (Å²) in [6.45, 7) is 7.72. The van der Waals surface area contributed by atoms with Crippen molar-refractivity contribution < 1.29 is 4.79 Å². The third-order valence-electron chi connectivity index (χ3n) is 2.83. The van der Waals surface area contributed by atoms with Crippen molar-refractivity contribution in [2.75, 3.05) is 11.1 Å². The quantitative estimate of drug-likeness (QED) is 0.502. The van der Waals surface area contributed by atoms with Gasteiger partial charge in [-0.2, -0.15) is 0 Å². The minimum Gasteiger partial charge on any atom is -0.300 e. The van der Waals surface area contributed by atoms with Crippen LogP contribution >= 0.6 is 23.1 Å². The van der Waals surface area contributed by atoms with Crippen LogP contribution in [-0.4, -0.2) is 21.9 Å². The zero-order valence-electron chi connectivity index (χ0n) is 12.0. The van der Waals surface area contributed by atoms with E-state index in [1.165, 1.54) is 16.9 Å². The first-order valence-corrected chi connectivity index (χ1v) is 8.32. The highest BCUT2D eigenvalue weighted by Gasteiger charge is 2.10. The van der Waals surface area contributed by atoms with Gasteiger partial charge in [0.15, 0.2) is 4.34 Å². The molecule has 2 aromatic rings. The summed E-state index contributed by atoms with van der Waals surface area (Å²) in [4.78, 5) is 12.0. The van der Waals surface area contributed by atoms with E-state index in [9.17, 15) is 4.79 Å². The van der Waals surface area contributed by atoms with Gasteiger partial charge in [0.05, 0.1) is 6.42 Å². The van der Waals surface area contributed by atoms with Crippen molar-refractivity contribution in [2.24, 2.45) is 0 Å². The molecular weight excluding hydrogens is 302 g/mol. The summed E-state index contributed by atoms with van der Waals surface area (Å²) < 4.78 is 0.830. The molecule has 110 valence electrons. The normalized spacial score (nSPS) is 10.4. The third-order valence-corrected chi connectivity index (χ3v) is 4.79. The van der Waals surface area contributed by atoms with Crippen molar-refractivity contribution in [3.63, 3.8) is 0 Å². The van der Waals surface area contributed by atoms with Gasteiger partial charge in [-0.25, -0.2) is 0 Å². The first-order chi connectivity index (χ1) is 10.1. The fourth-order valence-corrected chi connectivity index (χ4v) is 3.36. The van der Waals surface area contributed by atoms with Gasteiger partial charge in [0.2, 0.25) is 11.0 Å². The molecule has 0 radical (unpaired) electrons. The molecule has 0 aliphatic carbocycles. The van der Waals surface area contributed by atoms with Crippen LogP contribution in [0.1, 0.15) is 16.7 Å². The van der Waals surface area contributed by atoms with E-state index in [2.05, 4.69) is 28.2 Å². The third kappa shape index (κ3) is 4.68. The van der Waals surface area contributed by atoms with Gasteiger partial charge in [-0.15, -0.1) is 16.8 Å². The van der Waals surface area contributed by atoms with E-state index in [4.69, 9.17) is 0 Å². The van der Waals surface area contributed by atoms with Crippen molar-refractivity contribution in [3.8, 4) is 0 Å². The average molecular weight is 319 g/mol. The van der Waals surface area contributed by atoms with E-state index in [1.54, 1.807) is 11.8 Å². The Morgan fingerprint density at radius 3 is 2.95 bits per heavy atom.